The molecule has 4 aromatic rings. The first-order valence-electron chi connectivity index (χ1n) is 8.80. The van der Waals surface area contributed by atoms with Gasteiger partial charge in [-0.25, -0.2) is 5.43 Å². The third kappa shape index (κ3) is 3.70. The number of nitrogens with one attached hydrogen (secondary N) is 1. The van der Waals surface area contributed by atoms with Crippen molar-refractivity contribution in [2.75, 3.05) is 0 Å². The maximum Gasteiger partial charge on any atom is 0.275 e. The van der Waals surface area contributed by atoms with Crippen LogP contribution in [0.5, 0.6) is 5.75 Å². The molecule has 0 radical (unpaired) electrons. The first-order chi connectivity index (χ1) is 14.2. The van der Waals surface area contributed by atoms with E-state index in [2.05, 4.69) is 16.6 Å². The topological polar surface area (TPSA) is 98.6 Å². The van der Waals surface area contributed by atoms with Crippen LogP contribution in [0.4, 0.5) is 0 Å². The molecule has 140 valence electrons. The van der Waals surface area contributed by atoms with Crippen molar-refractivity contribution in [3.63, 3.8) is 0 Å². The fourth-order valence-electron chi connectivity index (χ4n) is 2.99. The SMILES string of the molecule is N#Cc1ccccc1-c1ccc(C=NNC(=O)c2cc3ccccc3cc2O)o1. The molecule has 1 aromatic heterocycles. The summed E-state index contributed by atoms with van der Waals surface area (Å²) in [5.74, 6) is 0.286. The van der Waals surface area contributed by atoms with Crippen LogP contribution in [0, 0.1) is 11.3 Å². The van der Waals surface area contributed by atoms with Gasteiger partial charge in [0.25, 0.3) is 5.91 Å². The van der Waals surface area contributed by atoms with Gasteiger partial charge in [-0.15, -0.1) is 0 Å². The highest BCUT2D eigenvalue weighted by Crippen LogP contribution is 2.26. The summed E-state index contributed by atoms with van der Waals surface area (Å²) in [5, 5.41) is 24.9. The van der Waals surface area contributed by atoms with Crippen LogP contribution in [0.2, 0.25) is 0 Å². The van der Waals surface area contributed by atoms with Gasteiger partial charge in [0.15, 0.2) is 0 Å². The molecule has 1 heterocycles. The molecule has 0 atom stereocenters. The maximum absolute atomic E-state index is 12.4. The molecular formula is C23H15N3O3. The van der Waals surface area contributed by atoms with Crippen LogP contribution >= 0.6 is 0 Å². The van der Waals surface area contributed by atoms with Crippen molar-refractivity contribution < 1.29 is 14.3 Å². The summed E-state index contributed by atoms with van der Waals surface area (Å²) >= 11 is 0. The Bertz CT molecular complexity index is 1280. The van der Waals surface area contributed by atoms with Gasteiger partial charge in [0.2, 0.25) is 0 Å². The zero-order valence-electron chi connectivity index (χ0n) is 15.2. The Labute approximate surface area is 166 Å². The van der Waals surface area contributed by atoms with E-state index in [0.29, 0.717) is 22.6 Å². The summed E-state index contributed by atoms with van der Waals surface area (Å²) in [6.45, 7) is 0. The number of hydrogen-bond acceptors (Lipinski definition) is 5. The lowest BCUT2D eigenvalue weighted by Crippen LogP contribution is -2.17. The lowest BCUT2D eigenvalue weighted by atomic mass is 10.1. The Morgan fingerprint density at radius 1 is 1.03 bits per heavy atom. The quantitative estimate of drug-likeness (QED) is 0.403. The Hall–Kier alpha value is -4.37. The van der Waals surface area contributed by atoms with Crippen molar-refractivity contribution in [2.45, 2.75) is 0 Å². The number of nitrogens with zero attached hydrogens (tertiary/aromatic N) is 2. The fraction of sp³-hybridized carbons (Fsp3) is 0. The number of fused-ring (bicyclic) bond motifs is 1. The third-order valence-corrected chi connectivity index (χ3v) is 4.41. The monoisotopic (exact) mass is 381 g/mol. The zero-order chi connectivity index (χ0) is 20.2. The zero-order valence-corrected chi connectivity index (χ0v) is 15.2. The third-order valence-electron chi connectivity index (χ3n) is 4.41. The summed E-state index contributed by atoms with van der Waals surface area (Å²) in [6, 6.07) is 23.2. The number of phenols is 1. The van der Waals surface area contributed by atoms with E-state index in [-0.39, 0.29) is 11.3 Å². The number of hydrogen-bond donors (Lipinski definition) is 2. The largest absolute Gasteiger partial charge is 0.507 e. The van der Waals surface area contributed by atoms with Crippen molar-refractivity contribution in [1.29, 1.82) is 5.26 Å². The molecular weight excluding hydrogens is 366 g/mol. The van der Waals surface area contributed by atoms with Crippen molar-refractivity contribution in [3.05, 3.63) is 89.7 Å². The van der Waals surface area contributed by atoms with Gasteiger partial charge < -0.3 is 9.52 Å². The molecule has 29 heavy (non-hydrogen) atoms. The number of aromatic hydroxyl groups is 1. The Morgan fingerprint density at radius 2 is 1.76 bits per heavy atom. The second-order valence-electron chi connectivity index (χ2n) is 6.28. The Kier molecular flexibility index (Phi) is 4.79. The van der Waals surface area contributed by atoms with Crippen LogP contribution in [0.3, 0.4) is 0 Å². The predicted molar refractivity (Wildman–Crippen MR) is 110 cm³/mol. The molecule has 0 spiro atoms. The highest BCUT2D eigenvalue weighted by atomic mass is 16.3. The van der Waals surface area contributed by atoms with E-state index in [1.807, 2.05) is 30.3 Å². The molecule has 0 aliphatic carbocycles. The molecule has 0 saturated carbocycles. The fourth-order valence-corrected chi connectivity index (χ4v) is 2.99. The van der Waals surface area contributed by atoms with Gasteiger partial charge in [-0.05, 0) is 47.2 Å². The summed E-state index contributed by atoms with van der Waals surface area (Å²) in [4.78, 5) is 12.4. The minimum atomic E-state index is -0.536. The average Bonchev–Trinajstić information content (AvgIpc) is 3.21. The maximum atomic E-state index is 12.4. The van der Waals surface area contributed by atoms with Gasteiger partial charge >= 0.3 is 0 Å². The van der Waals surface area contributed by atoms with Gasteiger partial charge in [-0.2, -0.15) is 10.4 Å². The second-order valence-corrected chi connectivity index (χ2v) is 6.28. The van der Waals surface area contributed by atoms with E-state index in [4.69, 9.17) is 4.42 Å². The molecule has 0 saturated heterocycles. The second kappa shape index (κ2) is 7.71. The molecule has 0 bridgehead atoms. The summed E-state index contributed by atoms with van der Waals surface area (Å²) in [5.41, 5.74) is 3.70. The molecule has 3 aromatic carbocycles. The summed E-state index contributed by atoms with van der Waals surface area (Å²) in [7, 11) is 0. The van der Waals surface area contributed by atoms with Crippen LogP contribution in [-0.4, -0.2) is 17.2 Å². The number of hydrazone groups is 1. The summed E-state index contributed by atoms with van der Waals surface area (Å²) < 4.78 is 5.68. The van der Waals surface area contributed by atoms with Crippen molar-refractivity contribution in [1.82, 2.24) is 5.43 Å². The standard InChI is InChI=1S/C23H15N3O3/c24-13-17-7-3-4-8-19(17)22-10-9-18(29-22)14-25-26-23(28)20-11-15-5-1-2-6-16(15)12-21(20)27/h1-12,14,27H,(H,26,28). The number of rotatable bonds is 4. The van der Waals surface area contributed by atoms with Crippen LogP contribution in [0.25, 0.3) is 22.1 Å². The average molecular weight is 381 g/mol. The van der Waals surface area contributed by atoms with Gasteiger partial charge in [-0.1, -0.05) is 36.4 Å². The van der Waals surface area contributed by atoms with E-state index in [1.54, 1.807) is 42.5 Å². The molecule has 0 unspecified atom stereocenters. The molecule has 0 aliphatic rings. The Balaban J connectivity index is 1.50. The molecule has 6 heteroatoms. The molecule has 6 nitrogen and oxygen atoms in total. The van der Waals surface area contributed by atoms with E-state index < -0.39 is 5.91 Å². The lowest BCUT2D eigenvalue weighted by molar-refractivity contribution is 0.0952. The minimum Gasteiger partial charge on any atom is -0.507 e. The molecule has 2 N–H and O–H groups in total. The number of furan rings is 1. The normalized spacial score (nSPS) is 10.9. The van der Waals surface area contributed by atoms with Crippen LogP contribution in [-0.2, 0) is 0 Å². The first kappa shape index (κ1) is 18.0. The molecule has 0 aliphatic heterocycles. The van der Waals surface area contributed by atoms with E-state index in [9.17, 15) is 15.2 Å². The van der Waals surface area contributed by atoms with Crippen molar-refractivity contribution in [3.8, 4) is 23.1 Å². The van der Waals surface area contributed by atoms with Crippen LogP contribution < -0.4 is 5.43 Å². The van der Waals surface area contributed by atoms with Crippen LogP contribution in [0.15, 0.2) is 82.3 Å². The molecule has 0 fully saturated rings. The van der Waals surface area contributed by atoms with Crippen molar-refractivity contribution in [2.24, 2.45) is 5.10 Å². The number of carbonyl (C=O) groups excluding carboxylic acids is 1. The number of carbonyl (C=O) groups is 1. The van der Waals surface area contributed by atoms with E-state index in [1.165, 1.54) is 6.21 Å². The first-order valence-corrected chi connectivity index (χ1v) is 8.80. The Morgan fingerprint density at radius 3 is 2.55 bits per heavy atom. The molecule has 4 rings (SSSR count). The number of amides is 1. The minimum absolute atomic E-state index is 0.121. The number of benzene rings is 3. The van der Waals surface area contributed by atoms with E-state index >= 15 is 0 Å². The smallest absolute Gasteiger partial charge is 0.275 e. The van der Waals surface area contributed by atoms with Gasteiger partial charge in [-0.3, -0.25) is 4.79 Å². The number of phenolic OH excluding ortho intramolecular Hbond substituents is 1. The summed E-state index contributed by atoms with van der Waals surface area (Å²) in [6.07, 6.45) is 1.36. The molecule has 1 amide bonds. The van der Waals surface area contributed by atoms with E-state index in [0.717, 1.165) is 10.8 Å². The predicted octanol–water partition coefficient (Wildman–Crippen LogP) is 4.44. The number of nitriles is 1. The highest BCUT2D eigenvalue weighted by molar-refractivity contribution is 6.01. The van der Waals surface area contributed by atoms with Gasteiger partial charge in [0, 0.05) is 5.56 Å². The van der Waals surface area contributed by atoms with Gasteiger partial charge in [0.05, 0.1) is 23.4 Å². The van der Waals surface area contributed by atoms with Gasteiger partial charge in [0.1, 0.15) is 17.3 Å². The lowest BCUT2D eigenvalue weighted by Gasteiger charge is -2.05. The van der Waals surface area contributed by atoms with Crippen LogP contribution in [0.1, 0.15) is 21.7 Å². The van der Waals surface area contributed by atoms with Crippen molar-refractivity contribution >= 4 is 22.9 Å². The highest BCUT2D eigenvalue weighted by Gasteiger charge is 2.12.